The minimum absolute atomic E-state index is 0.0216. The second kappa shape index (κ2) is 7.28. The van der Waals surface area contributed by atoms with Crippen LogP contribution in [-0.4, -0.2) is 29.9 Å². The van der Waals surface area contributed by atoms with E-state index < -0.39 is 27.3 Å². The Balaban J connectivity index is 1.78. The zero-order valence-electron chi connectivity index (χ0n) is 13.5. The van der Waals surface area contributed by atoms with Gasteiger partial charge in [-0.1, -0.05) is 35.9 Å². The van der Waals surface area contributed by atoms with Gasteiger partial charge in [0.2, 0.25) is 0 Å². The van der Waals surface area contributed by atoms with Crippen LogP contribution in [-0.2, 0) is 14.6 Å². The lowest BCUT2D eigenvalue weighted by Gasteiger charge is -2.08. The molecule has 3 rings (SSSR count). The van der Waals surface area contributed by atoms with Crippen molar-refractivity contribution in [3.8, 4) is 6.07 Å². The summed E-state index contributed by atoms with van der Waals surface area (Å²) in [6, 6.07) is 15.1. The number of hydrogen-bond donors (Lipinski definition) is 1. The van der Waals surface area contributed by atoms with Crippen LogP contribution < -0.4 is 0 Å². The van der Waals surface area contributed by atoms with Gasteiger partial charge in [-0.2, -0.15) is 5.26 Å². The number of aromatic amines is 1. The number of nitriles is 1. The Labute approximate surface area is 155 Å². The largest absolute Gasteiger partial charge is 0.340 e. The third kappa shape index (κ3) is 3.62. The van der Waals surface area contributed by atoms with E-state index in [1.54, 1.807) is 30.3 Å². The fraction of sp³-hybridized carbons (Fsp3) is 0.167. The molecule has 8 heteroatoms. The van der Waals surface area contributed by atoms with Gasteiger partial charge < -0.3 is 4.98 Å². The molecule has 0 spiro atoms. The molecule has 1 heterocycles. The summed E-state index contributed by atoms with van der Waals surface area (Å²) in [6.45, 7) is 0. The number of carbonyl (C=O) groups excluding carboxylic acids is 1. The average molecular weight is 388 g/mol. The summed E-state index contributed by atoms with van der Waals surface area (Å²) in [4.78, 5) is 19.6. The number of aromatic nitrogens is 2. The Morgan fingerprint density at radius 2 is 1.88 bits per heavy atom. The van der Waals surface area contributed by atoms with Crippen LogP contribution in [0, 0.1) is 11.3 Å². The van der Waals surface area contributed by atoms with Gasteiger partial charge in [-0.05, 0) is 24.3 Å². The van der Waals surface area contributed by atoms with Crippen molar-refractivity contribution in [2.45, 2.75) is 17.2 Å². The second-order valence-electron chi connectivity index (χ2n) is 5.67. The lowest BCUT2D eigenvalue weighted by atomic mass is 10.0. The molecule has 0 radical (unpaired) electrons. The van der Waals surface area contributed by atoms with Crippen LogP contribution in [0.5, 0.6) is 0 Å². The minimum Gasteiger partial charge on any atom is -0.340 e. The standard InChI is InChI=1S/C18H14ClN3O3S/c19-13-5-1-4-8-17(13)26(24,25)10-9-16(23)12(11-20)18-21-14-6-2-3-7-15(14)22-18/h1-8,12H,9-10H2,(H,21,22)/t12-/m1/s1. The maximum absolute atomic E-state index is 12.4. The predicted octanol–water partition coefficient (Wildman–Crippen LogP) is 3.26. The first kappa shape index (κ1) is 18.1. The van der Waals surface area contributed by atoms with E-state index in [1.807, 2.05) is 12.1 Å². The lowest BCUT2D eigenvalue weighted by molar-refractivity contribution is -0.119. The number of Topliss-reactive ketones (excluding diaryl/α,β-unsaturated/α-hetero) is 1. The highest BCUT2D eigenvalue weighted by molar-refractivity contribution is 7.91. The van der Waals surface area contributed by atoms with Crippen LogP contribution in [0.3, 0.4) is 0 Å². The number of halogens is 1. The number of ketones is 1. The Morgan fingerprint density at radius 1 is 1.19 bits per heavy atom. The third-order valence-electron chi connectivity index (χ3n) is 3.92. The van der Waals surface area contributed by atoms with Crippen molar-refractivity contribution in [3.63, 3.8) is 0 Å². The zero-order chi connectivity index (χ0) is 18.7. The number of benzene rings is 2. The Hall–Kier alpha value is -2.69. The molecule has 1 aromatic heterocycles. The van der Waals surface area contributed by atoms with Gasteiger partial charge in [0.15, 0.2) is 21.5 Å². The van der Waals surface area contributed by atoms with Gasteiger partial charge in [-0.15, -0.1) is 0 Å². The van der Waals surface area contributed by atoms with E-state index in [-0.39, 0.29) is 22.2 Å². The number of nitrogens with one attached hydrogen (secondary N) is 1. The molecule has 2 aromatic carbocycles. The summed E-state index contributed by atoms with van der Waals surface area (Å²) < 4.78 is 24.8. The molecule has 1 atom stereocenters. The first-order chi connectivity index (χ1) is 12.4. The van der Waals surface area contributed by atoms with Gasteiger partial charge in [0.1, 0.15) is 5.82 Å². The number of fused-ring (bicyclic) bond motifs is 1. The van der Waals surface area contributed by atoms with Crippen molar-refractivity contribution in [3.05, 3.63) is 59.4 Å². The lowest BCUT2D eigenvalue weighted by Crippen LogP contribution is -2.17. The smallest absolute Gasteiger partial charge is 0.180 e. The molecular formula is C18H14ClN3O3S. The molecule has 0 aliphatic rings. The van der Waals surface area contributed by atoms with Crippen LogP contribution in [0.1, 0.15) is 18.2 Å². The zero-order valence-corrected chi connectivity index (χ0v) is 15.1. The maximum Gasteiger partial charge on any atom is 0.180 e. The average Bonchev–Trinajstić information content (AvgIpc) is 3.04. The highest BCUT2D eigenvalue weighted by Crippen LogP contribution is 2.24. The van der Waals surface area contributed by atoms with Crippen LogP contribution >= 0.6 is 11.6 Å². The van der Waals surface area contributed by atoms with E-state index in [4.69, 9.17) is 11.6 Å². The highest BCUT2D eigenvalue weighted by Gasteiger charge is 2.26. The first-order valence-electron chi connectivity index (χ1n) is 7.76. The number of nitrogens with zero attached hydrogens (tertiary/aromatic N) is 2. The molecule has 0 bridgehead atoms. The van der Waals surface area contributed by atoms with Gasteiger partial charge in [-0.3, -0.25) is 4.79 Å². The van der Waals surface area contributed by atoms with E-state index in [2.05, 4.69) is 9.97 Å². The van der Waals surface area contributed by atoms with Gasteiger partial charge >= 0.3 is 0 Å². The van der Waals surface area contributed by atoms with Crippen LogP contribution in [0.2, 0.25) is 5.02 Å². The normalized spacial score (nSPS) is 12.6. The number of carbonyl (C=O) groups is 1. The number of hydrogen-bond acceptors (Lipinski definition) is 5. The summed E-state index contributed by atoms with van der Waals surface area (Å²) in [7, 11) is -3.73. The van der Waals surface area contributed by atoms with Crippen molar-refractivity contribution in [1.29, 1.82) is 5.26 Å². The maximum atomic E-state index is 12.4. The van der Waals surface area contributed by atoms with E-state index in [9.17, 15) is 18.5 Å². The van der Waals surface area contributed by atoms with Gasteiger partial charge in [0.25, 0.3) is 0 Å². The fourth-order valence-electron chi connectivity index (χ4n) is 2.58. The number of H-pyrrole nitrogens is 1. The van der Waals surface area contributed by atoms with Crippen molar-refractivity contribution in [2.24, 2.45) is 0 Å². The summed E-state index contributed by atoms with van der Waals surface area (Å²) in [5.41, 5.74) is 1.35. The van der Waals surface area contributed by atoms with Crippen LogP contribution in [0.15, 0.2) is 53.4 Å². The highest BCUT2D eigenvalue weighted by atomic mass is 35.5. The van der Waals surface area contributed by atoms with Crippen molar-refractivity contribution < 1.29 is 13.2 Å². The second-order valence-corrected chi connectivity index (χ2v) is 8.15. The number of rotatable bonds is 6. The molecule has 0 unspecified atom stereocenters. The van der Waals surface area contributed by atoms with Crippen molar-refractivity contribution >= 4 is 38.3 Å². The molecule has 0 aliphatic carbocycles. The topological polar surface area (TPSA) is 104 Å². The molecule has 6 nitrogen and oxygen atoms in total. The molecular weight excluding hydrogens is 374 g/mol. The third-order valence-corrected chi connectivity index (χ3v) is 6.13. The van der Waals surface area contributed by atoms with Gasteiger partial charge in [0, 0.05) is 6.42 Å². The molecule has 1 N–H and O–H groups in total. The summed E-state index contributed by atoms with van der Waals surface area (Å²) >= 11 is 5.92. The number of para-hydroxylation sites is 2. The van der Waals surface area contributed by atoms with E-state index in [0.29, 0.717) is 11.0 Å². The number of sulfone groups is 1. The summed E-state index contributed by atoms with van der Waals surface area (Å²) in [5.74, 6) is -1.87. The van der Waals surface area contributed by atoms with Crippen LogP contribution in [0.25, 0.3) is 11.0 Å². The number of imidazole rings is 1. The van der Waals surface area contributed by atoms with E-state index in [0.717, 1.165) is 0 Å². The quantitative estimate of drug-likeness (QED) is 0.699. The molecule has 0 saturated heterocycles. The first-order valence-corrected chi connectivity index (χ1v) is 9.79. The van der Waals surface area contributed by atoms with Gasteiger partial charge in [0.05, 0.1) is 32.8 Å². The van der Waals surface area contributed by atoms with E-state index >= 15 is 0 Å². The molecule has 3 aromatic rings. The summed E-state index contributed by atoms with van der Waals surface area (Å²) in [5, 5.41) is 9.47. The molecule has 0 fully saturated rings. The Kier molecular flexibility index (Phi) is 5.07. The SMILES string of the molecule is N#C[C@H](C(=O)CCS(=O)(=O)c1ccccc1Cl)c1nc2ccccc2[nH]1. The fourth-order valence-corrected chi connectivity index (χ4v) is 4.41. The molecule has 0 amide bonds. The molecule has 0 saturated carbocycles. The predicted molar refractivity (Wildman–Crippen MR) is 97.6 cm³/mol. The molecule has 26 heavy (non-hydrogen) atoms. The van der Waals surface area contributed by atoms with Crippen molar-refractivity contribution in [2.75, 3.05) is 5.75 Å². The molecule has 132 valence electrons. The van der Waals surface area contributed by atoms with Gasteiger partial charge in [-0.25, -0.2) is 13.4 Å². The Bertz CT molecular complexity index is 1080. The minimum atomic E-state index is -3.73. The summed E-state index contributed by atoms with van der Waals surface area (Å²) in [6.07, 6.45) is -0.303. The van der Waals surface area contributed by atoms with Crippen molar-refractivity contribution in [1.82, 2.24) is 9.97 Å². The van der Waals surface area contributed by atoms with Crippen LogP contribution in [0.4, 0.5) is 0 Å². The van der Waals surface area contributed by atoms with E-state index in [1.165, 1.54) is 12.1 Å². The molecule has 0 aliphatic heterocycles. The Morgan fingerprint density at radius 3 is 2.58 bits per heavy atom. The monoisotopic (exact) mass is 387 g/mol.